The molecule has 1 heterocycles. The first-order valence-corrected chi connectivity index (χ1v) is 9.84. The number of aliphatic hydroxyl groups excluding tert-OH is 2. The Morgan fingerprint density at radius 2 is 1.93 bits per heavy atom. The van der Waals surface area contributed by atoms with Gasteiger partial charge in [0.1, 0.15) is 11.9 Å². The summed E-state index contributed by atoms with van der Waals surface area (Å²) in [4.78, 5) is 0. The van der Waals surface area contributed by atoms with Crippen LogP contribution in [-0.4, -0.2) is 35.6 Å². The van der Waals surface area contributed by atoms with Gasteiger partial charge in [-0.2, -0.15) is 0 Å². The molecular formula is C22H27ClO4. The number of ether oxygens (including phenoxy) is 2. The average molecular weight is 391 g/mol. The van der Waals surface area contributed by atoms with E-state index in [1.807, 2.05) is 43.3 Å². The average Bonchev–Trinajstić information content (AvgIpc) is 2.66. The van der Waals surface area contributed by atoms with Gasteiger partial charge in [-0.25, -0.2) is 0 Å². The van der Waals surface area contributed by atoms with Crippen molar-refractivity contribution in [2.75, 3.05) is 13.2 Å². The van der Waals surface area contributed by atoms with E-state index in [0.29, 0.717) is 19.4 Å². The molecule has 0 aromatic heterocycles. The van der Waals surface area contributed by atoms with Crippen molar-refractivity contribution in [1.82, 2.24) is 0 Å². The Labute approximate surface area is 165 Å². The highest BCUT2D eigenvalue weighted by Gasteiger charge is 2.35. The molecule has 146 valence electrons. The molecule has 2 aromatic carbocycles. The molecule has 2 aromatic rings. The van der Waals surface area contributed by atoms with Crippen molar-refractivity contribution in [2.45, 2.75) is 45.0 Å². The Morgan fingerprint density at radius 3 is 2.59 bits per heavy atom. The summed E-state index contributed by atoms with van der Waals surface area (Å²) in [5.74, 6) is 1.02. The third kappa shape index (κ3) is 4.82. The molecule has 0 amide bonds. The molecule has 5 heteroatoms. The second kappa shape index (κ2) is 9.07. The second-order valence-electron chi connectivity index (χ2n) is 7.16. The number of hydrogen-bond acceptors (Lipinski definition) is 4. The molecule has 1 fully saturated rings. The molecule has 1 aliphatic heterocycles. The van der Waals surface area contributed by atoms with Gasteiger partial charge in [0.2, 0.25) is 0 Å². The molecule has 2 N–H and O–H groups in total. The van der Waals surface area contributed by atoms with Gasteiger partial charge >= 0.3 is 0 Å². The van der Waals surface area contributed by atoms with Crippen molar-refractivity contribution in [3.05, 3.63) is 64.2 Å². The quantitative estimate of drug-likeness (QED) is 0.777. The van der Waals surface area contributed by atoms with Crippen LogP contribution in [0.5, 0.6) is 5.75 Å². The highest BCUT2D eigenvalue weighted by atomic mass is 35.5. The molecule has 4 nitrogen and oxygen atoms in total. The lowest BCUT2D eigenvalue weighted by molar-refractivity contribution is -0.157. The third-order valence-electron chi connectivity index (χ3n) is 5.09. The van der Waals surface area contributed by atoms with E-state index in [0.717, 1.165) is 27.5 Å². The van der Waals surface area contributed by atoms with E-state index in [-0.39, 0.29) is 18.6 Å². The van der Waals surface area contributed by atoms with Gasteiger partial charge in [-0.05, 0) is 60.6 Å². The minimum absolute atomic E-state index is 0.155. The summed E-state index contributed by atoms with van der Waals surface area (Å²) in [5.41, 5.74) is 3.21. The molecule has 3 unspecified atom stereocenters. The van der Waals surface area contributed by atoms with E-state index >= 15 is 0 Å². The monoisotopic (exact) mass is 390 g/mol. The lowest BCUT2D eigenvalue weighted by Gasteiger charge is -2.38. The molecule has 0 bridgehead atoms. The van der Waals surface area contributed by atoms with Gasteiger partial charge in [0.05, 0.1) is 25.4 Å². The molecule has 0 saturated carbocycles. The molecule has 0 spiro atoms. The fraction of sp³-hybridized carbons (Fsp3) is 0.455. The zero-order valence-corrected chi connectivity index (χ0v) is 16.5. The molecular weight excluding hydrogens is 364 g/mol. The zero-order chi connectivity index (χ0) is 19.4. The number of halogens is 1. The summed E-state index contributed by atoms with van der Waals surface area (Å²) < 4.78 is 11.5. The molecule has 0 aliphatic carbocycles. The predicted octanol–water partition coefficient (Wildman–Crippen LogP) is 4.15. The molecule has 4 atom stereocenters. The summed E-state index contributed by atoms with van der Waals surface area (Å²) in [6.07, 6.45) is -0.0193. The summed E-state index contributed by atoms with van der Waals surface area (Å²) in [6.45, 7) is 4.49. The Bertz CT molecular complexity index is 746. The topological polar surface area (TPSA) is 58.9 Å². The van der Waals surface area contributed by atoms with Crippen LogP contribution in [0.3, 0.4) is 0 Å². The lowest BCUT2D eigenvalue weighted by atomic mass is 9.86. The summed E-state index contributed by atoms with van der Waals surface area (Å²) in [5, 5.41) is 20.2. The van der Waals surface area contributed by atoms with Crippen molar-refractivity contribution in [3.8, 4) is 5.75 Å². The van der Waals surface area contributed by atoms with Crippen molar-refractivity contribution in [1.29, 1.82) is 0 Å². The van der Waals surface area contributed by atoms with Crippen LogP contribution in [0.15, 0.2) is 42.5 Å². The maximum atomic E-state index is 10.0. The van der Waals surface area contributed by atoms with Gasteiger partial charge in [0, 0.05) is 5.02 Å². The first-order valence-electron chi connectivity index (χ1n) is 9.46. The number of aliphatic hydroxyl groups is 2. The Balaban J connectivity index is 1.79. The molecule has 0 radical (unpaired) electrons. The maximum Gasteiger partial charge on any atom is 0.119 e. The predicted molar refractivity (Wildman–Crippen MR) is 106 cm³/mol. The summed E-state index contributed by atoms with van der Waals surface area (Å²) in [6, 6.07) is 14.0. The van der Waals surface area contributed by atoms with Gasteiger partial charge in [0.25, 0.3) is 0 Å². The van der Waals surface area contributed by atoms with Crippen LogP contribution >= 0.6 is 11.6 Å². The Hall–Kier alpha value is -1.59. The van der Waals surface area contributed by atoms with E-state index in [2.05, 4.69) is 13.0 Å². The van der Waals surface area contributed by atoms with Crippen LogP contribution in [-0.2, 0) is 11.2 Å². The lowest BCUT2D eigenvalue weighted by Crippen LogP contribution is -2.41. The molecule has 27 heavy (non-hydrogen) atoms. The van der Waals surface area contributed by atoms with Crippen LogP contribution < -0.4 is 4.74 Å². The zero-order valence-electron chi connectivity index (χ0n) is 15.8. The normalized spacial score (nSPS) is 25.4. The second-order valence-corrected chi connectivity index (χ2v) is 7.57. The van der Waals surface area contributed by atoms with Crippen LogP contribution in [0, 0.1) is 5.92 Å². The van der Waals surface area contributed by atoms with Crippen molar-refractivity contribution < 1.29 is 19.7 Å². The minimum Gasteiger partial charge on any atom is -0.494 e. The van der Waals surface area contributed by atoms with Gasteiger partial charge in [-0.1, -0.05) is 42.8 Å². The van der Waals surface area contributed by atoms with E-state index in [4.69, 9.17) is 21.1 Å². The van der Waals surface area contributed by atoms with Crippen LogP contribution in [0.25, 0.3) is 0 Å². The van der Waals surface area contributed by atoms with Crippen molar-refractivity contribution >= 4 is 11.6 Å². The highest BCUT2D eigenvalue weighted by molar-refractivity contribution is 6.31. The smallest absolute Gasteiger partial charge is 0.119 e. The maximum absolute atomic E-state index is 10.0. The van der Waals surface area contributed by atoms with E-state index in [1.165, 1.54) is 0 Å². The largest absolute Gasteiger partial charge is 0.494 e. The molecule has 3 rings (SSSR count). The van der Waals surface area contributed by atoms with Crippen LogP contribution in [0.4, 0.5) is 0 Å². The van der Waals surface area contributed by atoms with Gasteiger partial charge in [-0.3, -0.25) is 0 Å². The first kappa shape index (κ1) is 20.2. The third-order valence-corrected chi connectivity index (χ3v) is 5.46. The van der Waals surface area contributed by atoms with E-state index in [1.54, 1.807) is 0 Å². The fourth-order valence-electron chi connectivity index (χ4n) is 3.64. The van der Waals surface area contributed by atoms with Crippen LogP contribution in [0.1, 0.15) is 43.1 Å². The van der Waals surface area contributed by atoms with Crippen LogP contribution in [0.2, 0.25) is 5.02 Å². The van der Waals surface area contributed by atoms with Gasteiger partial charge in [0.15, 0.2) is 0 Å². The van der Waals surface area contributed by atoms with Gasteiger partial charge in [-0.15, -0.1) is 0 Å². The first-order chi connectivity index (χ1) is 13.0. The Morgan fingerprint density at radius 1 is 1.19 bits per heavy atom. The van der Waals surface area contributed by atoms with Crippen molar-refractivity contribution in [3.63, 3.8) is 0 Å². The van der Waals surface area contributed by atoms with Crippen molar-refractivity contribution in [2.24, 2.45) is 5.92 Å². The standard InChI is InChI=1S/C22H27ClO4/c1-3-26-18-7-4-15(5-8-18)11-17-12-16(6-9-19(17)23)22-14(2)10-20(25)21(13-24)27-22/h4-9,12,14,20-22,24-25H,3,10-11,13H2,1-2H3/t14?,20?,21?,22-/m1/s1. The Kier molecular flexibility index (Phi) is 6.77. The molecule has 1 aliphatic rings. The number of benzene rings is 2. The van der Waals surface area contributed by atoms with Gasteiger partial charge < -0.3 is 19.7 Å². The van der Waals surface area contributed by atoms with E-state index in [9.17, 15) is 10.2 Å². The SMILES string of the molecule is CCOc1ccc(Cc2cc([C@@H]3OC(CO)C(O)CC3C)ccc2Cl)cc1. The number of hydrogen-bond donors (Lipinski definition) is 2. The number of rotatable bonds is 6. The fourth-order valence-corrected chi connectivity index (χ4v) is 3.82. The summed E-state index contributed by atoms with van der Waals surface area (Å²) >= 11 is 6.44. The minimum atomic E-state index is -0.628. The van der Waals surface area contributed by atoms with E-state index < -0.39 is 12.2 Å². The summed E-state index contributed by atoms with van der Waals surface area (Å²) in [7, 11) is 0. The highest BCUT2D eigenvalue weighted by Crippen LogP contribution is 2.37. The molecule has 1 saturated heterocycles.